The monoisotopic (exact) mass is 298 g/mol. The normalized spacial score (nSPS) is 12.2. The van der Waals surface area contributed by atoms with Gasteiger partial charge in [-0.25, -0.2) is 8.78 Å². The first-order valence-corrected chi connectivity index (χ1v) is 6.34. The van der Waals surface area contributed by atoms with E-state index < -0.39 is 17.7 Å². The van der Waals surface area contributed by atoms with Gasteiger partial charge in [0.05, 0.1) is 13.2 Å². The van der Waals surface area contributed by atoms with Crippen LogP contribution in [0.3, 0.4) is 0 Å². The van der Waals surface area contributed by atoms with Crippen LogP contribution in [0.15, 0.2) is 36.4 Å². The van der Waals surface area contributed by atoms with E-state index in [1.807, 2.05) is 0 Å². The molecule has 0 aromatic heterocycles. The Morgan fingerprint density at radius 1 is 1.15 bits per heavy atom. The van der Waals surface area contributed by atoms with Gasteiger partial charge in [0.2, 0.25) is 0 Å². The van der Waals surface area contributed by atoms with Gasteiger partial charge in [-0.2, -0.15) is 0 Å². The molecule has 0 saturated carbocycles. The Kier molecular flexibility index (Phi) is 4.57. The van der Waals surface area contributed by atoms with Crippen LogP contribution in [0.2, 0.25) is 5.02 Å². The first-order valence-electron chi connectivity index (χ1n) is 5.96. The molecule has 5 heteroatoms. The van der Waals surface area contributed by atoms with E-state index in [-0.39, 0.29) is 22.8 Å². The molecule has 2 nitrogen and oxygen atoms in total. The van der Waals surface area contributed by atoms with Crippen molar-refractivity contribution in [3.8, 4) is 5.75 Å². The van der Waals surface area contributed by atoms with Gasteiger partial charge in [-0.3, -0.25) is 0 Å². The number of aliphatic hydroxyl groups is 1. The first-order chi connectivity index (χ1) is 9.51. The lowest BCUT2D eigenvalue weighted by atomic mass is 10.0. The lowest BCUT2D eigenvalue weighted by Crippen LogP contribution is -2.05. The number of benzene rings is 2. The lowest BCUT2D eigenvalue weighted by molar-refractivity contribution is 0.173. The van der Waals surface area contributed by atoms with Crippen LogP contribution in [-0.4, -0.2) is 12.2 Å². The molecule has 0 aliphatic carbocycles. The Hall–Kier alpha value is -1.65. The van der Waals surface area contributed by atoms with E-state index in [1.165, 1.54) is 31.4 Å². The maximum atomic E-state index is 13.7. The minimum absolute atomic E-state index is 0.0967. The predicted octanol–water partition coefficient (Wildman–Crippen LogP) is 3.90. The van der Waals surface area contributed by atoms with Gasteiger partial charge in [0.25, 0.3) is 0 Å². The molecule has 20 heavy (non-hydrogen) atoms. The van der Waals surface area contributed by atoms with Crippen molar-refractivity contribution in [2.24, 2.45) is 0 Å². The van der Waals surface area contributed by atoms with Gasteiger partial charge < -0.3 is 9.84 Å². The summed E-state index contributed by atoms with van der Waals surface area (Å²) in [6, 6.07) is 8.40. The van der Waals surface area contributed by atoms with Crippen molar-refractivity contribution in [1.29, 1.82) is 0 Å². The van der Waals surface area contributed by atoms with E-state index in [9.17, 15) is 13.9 Å². The Labute approximate surface area is 120 Å². The number of hydrogen-bond acceptors (Lipinski definition) is 2. The van der Waals surface area contributed by atoms with Crippen LogP contribution in [-0.2, 0) is 6.42 Å². The number of rotatable bonds is 4. The third-order valence-electron chi connectivity index (χ3n) is 2.97. The van der Waals surface area contributed by atoms with Crippen LogP contribution >= 0.6 is 11.6 Å². The highest BCUT2D eigenvalue weighted by Gasteiger charge is 2.15. The highest BCUT2D eigenvalue weighted by atomic mass is 35.5. The highest BCUT2D eigenvalue weighted by Crippen LogP contribution is 2.25. The van der Waals surface area contributed by atoms with E-state index in [1.54, 1.807) is 6.07 Å². The summed E-state index contributed by atoms with van der Waals surface area (Å²) in [5, 5.41) is 10.3. The molecule has 0 amide bonds. The summed E-state index contributed by atoms with van der Waals surface area (Å²) in [5.74, 6) is -0.978. The Bertz CT molecular complexity index is 617. The molecule has 0 fully saturated rings. The molecule has 1 N–H and O–H groups in total. The van der Waals surface area contributed by atoms with Crippen LogP contribution in [0, 0.1) is 11.6 Å². The van der Waals surface area contributed by atoms with Crippen molar-refractivity contribution in [3.05, 3.63) is 64.2 Å². The van der Waals surface area contributed by atoms with Crippen molar-refractivity contribution in [2.45, 2.75) is 12.5 Å². The Balaban J connectivity index is 2.18. The quantitative estimate of drug-likeness (QED) is 0.927. The molecular formula is C15H13ClF2O2. The third kappa shape index (κ3) is 3.26. The second kappa shape index (κ2) is 6.20. The number of hydrogen-bond donors (Lipinski definition) is 1. The smallest absolute Gasteiger partial charge is 0.165 e. The van der Waals surface area contributed by atoms with Gasteiger partial charge in [0.15, 0.2) is 11.6 Å². The number of methoxy groups -OCH3 is 1. The van der Waals surface area contributed by atoms with Crippen LogP contribution in [0.1, 0.15) is 17.2 Å². The second-order valence-electron chi connectivity index (χ2n) is 4.35. The third-order valence-corrected chi connectivity index (χ3v) is 3.20. The van der Waals surface area contributed by atoms with E-state index in [0.717, 1.165) is 6.07 Å². The summed E-state index contributed by atoms with van der Waals surface area (Å²) in [6.45, 7) is 0. The molecule has 0 radical (unpaired) electrons. The molecule has 0 saturated heterocycles. The Morgan fingerprint density at radius 3 is 2.50 bits per heavy atom. The van der Waals surface area contributed by atoms with Crippen molar-refractivity contribution in [2.75, 3.05) is 7.11 Å². The zero-order valence-corrected chi connectivity index (χ0v) is 11.5. The molecule has 0 spiro atoms. The zero-order chi connectivity index (χ0) is 14.7. The van der Waals surface area contributed by atoms with Crippen molar-refractivity contribution in [3.63, 3.8) is 0 Å². The van der Waals surface area contributed by atoms with Crippen LogP contribution in [0.4, 0.5) is 8.78 Å². The maximum Gasteiger partial charge on any atom is 0.165 e. The molecule has 1 atom stereocenters. The highest BCUT2D eigenvalue weighted by molar-refractivity contribution is 6.30. The van der Waals surface area contributed by atoms with Gasteiger partial charge in [-0.05, 0) is 29.8 Å². The molecular weight excluding hydrogens is 286 g/mol. The van der Waals surface area contributed by atoms with Gasteiger partial charge in [0, 0.05) is 17.0 Å². The number of ether oxygens (including phenoxy) is 1. The summed E-state index contributed by atoms with van der Waals surface area (Å²) in [6.07, 6.45) is -0.973. The van der Waals surface area contributed by atoms with Crippen molar-refractivity contribution >= 4 is 11.6 Å². The largest absolute Gasteiger partial charge is 0.494 e. The molecule has 2 aromatic rings. The molecule has 2 rings (SSSR count). The molecule has 0 bridgehead atoms. The molecule has 106 valence electrons. The summed E-state index contributed by atoms with van der Waals surface area (Å²) in [7, 11) is 1.37. The standard InChI is InChI=1S/C15H13ClF2O2/c1-20-15-5-2-9(6-13(15)18)7-14(19)11-4-3-10(16)8-12(11)17/h2-6,8,14,19H,7H2,1H3. The van der Waals surface area contributed by atoms with Gasteiger partial charge in [-0.15, -0.1) is 0 Å². The predicted molar refractivity (Wildman–Crippen MR) is 73.0 cm³/mol. The van der Waals surface area contributed by atoms with Crippen LogP contribution < -0.4 is 4.74 Å². The van der Waals surface area contributed by atoms with E-state index in [2.05, 4.69) is 0 Å². The molecule has 0 aliphatic heterocycles. The maximum absolute atomic E-state index is 13.7. The lowest BCUT2D eigenvalue weighted by Gasteiger charge is -2.13. The van der Waals surface area contributed by atoms with Crippen LogP contribution in [0.25, 0.3) is 0 Å². The van der Waals surface area contributed by atoms with Crippen molar-refractivity contribution in [1.82, 2.24) is 0 Å². The SMILES string of the molecule is COc1ccc(CC(O)c2ccc(Cl)cc2F)cc1F. The number of halogens is 3. The summed E-state index contributed by atoms with van der Waals surface area (Å²) in [4.78, 5) is 0. The zero-order valence-electron chi connectivity index (χ0n) is 10.7. The second-order valence-corrected chi connectivity index (χ2v) is 4.79. The van der Waals surface area contributed by atoms with E-state index >= 15 is 0 Å². The summed E-state index contributed by atoms with van der Waals surface area (Å²) < 4.78 is 32.0. The first kappa shape index (κ1) is 14.8. The molecule has 1 unspecified atom stereocenters. The minimum atomic E-state index is -1.07. The fraction of sp³-hybridized carbons (Fsp3) is 0.200. The fourth-order valence-corrected chi connectivity index (χ4v) is 2.10. The van der Waals surface area contributed by atoms with E-state index in [0.29, 0.717) is 5.56 Å². The number of aliphatic hydroxyl groups excluding tert-OH is 1. The average Bonchev–Trinajstić information content (AvgIpc) is 2.38. The minimum Gasteiger partial charge on any atom is -0.494 e. The van der Waals surface area contributed by atoms with Crippen LogP contribution in [0.5, 0.6) is 5.75 Å². The van der Waals surface area contributed by atoms with E-state index in [4.69, 9.17) is 16.3 Å². The van der Waals surface area contributed by atoms with Gasteiger partial charge in [-0.1, -0.05) is 23.7 Å². The van der Waals surface area contributed by atoms with Crippen molar-refractivity contribution < 1.29 is 18.6 Å². The molecule has 2 aromatic carbocycles. The average molecular weight is 299 g/mol. The van der Waals surface area contributed by atoms with Gasteiger partial charge >= 0.3 is 0 Å². The van der Waals surface area contributed by atoms with Gasteiger partial charge in [0.1, 0.15) is 5.82 Å². The molecule has 0 heterocycles. The fourth-order valence-electron chi connectivity index (χ4n) is 1.94. The summed E-state index contributed by atoms with van der Waals surface area (Å²) >= 11 is 5.65. The topological polar surface area (TPSA) is 29.5 Å². The molecule has 0 aliphatic rings. The Morgan fingerprint density at radius 2 is 1.90 bits per heavy atom. The summed E-state index contributed by atoms with van der Waals surface area (Å²) in [5.41, 5.74) is 0.677.